The number of aromatic nitrogens is 1. The molecule has 2 aromatic rings. The highest BCUT2D eigenvalue weighted by Crippen LogP contribution is 2.21. The Morgan fingerprint density at radius 1 is 1.50 bits per heavy atom. The number of nitrogens with zero attached hydrogens (tertiary/aromatic N) is 1. The molecule has 1 heterocycles. The highest BCUT2D eigenvalue weighted by Gasteiger charge is 2.02. The number of H-pyrrole nitrogens is 1. The molecule has 0 amide bonds. The van der Waals surface area contributed by atoms with Crippen LogP contribution in [0.3, 0.4) is 0 Å². The number of aromatic amines is 1. The maximum Gasteiger partial charge on any atom is 0.0670 e. The van der Waals surface area contributed by atoms with E-state index in [1.165, 1.54) is 0 Å². The van der Waals surface area contributed by atoms with Crippen LogP contribution in [0.2, 0.25) is 0 Å². The van der Waals surface area contributed by atoms with Crippen molar-refractivity contribution in [3.05, 3.63) is 30.0 Å². The fraction of sp³-hybridized carbons (Fsp3) is 0.182. The highest BCUT2D eigenvalue weighted by atomic mass is 14.8. The van der Waals surface area contributed by atoms with E-state index in [4.69, 9.17) is 5.26 Å². The van der Waals surface area contributed by atoms with Crippen LogP contribution in [-0.4, -0.2) is 12.0 Å². The van der Waals surface area contributed by atoms with Crippen molar-refractivity contribution in [2.75, 3.05) is 12.4 Å². The lowest BCUT2D eigenvalue weighted by atomic mass is 10.1. The van der Waals surface area contributed by atoms with Gasteiger partial charge in [-0.25, -0.2) is 0 Å². The first-order valence-electron chi connectivity index (χ1n) is 4.50. The Balaban J connectivity index is 2.55. The second kappa shape index (κ2) is 3.43. The van der Waals surface area contributed by atoms with E-state index in [2.05, 4.69) is 16.4 Å². The summed E-state index contributed by atoms with van der Waals surface area (Å²) in [4.78, 5) is 3.16. The molecule has 0 aliphatic rings. The second-order valence-electron chi connectivity index (χ2n) is 3.16. The molecule has 0 saturated heterocycles. The van der Waals surface area contributed by atoms with E-state index in [0.29, 0.717) is 6.42 Å². The quantitative estimate of drug-likeness (QED) is 0.754. The molecular formula is C11H11N3. The number of fused-ring (bicyclic) bond motifs is 1. The smallest absolute Gasteiger partial charge is 0.0670 e. The second-order valence-corrected chi connectivity index (χ2v) is 3.16. The summed E-state index contributed by atoms with van der Waals surface area (Å²) < 4.78 is 0. The molecule has 0 aliphatic carbocycles. The van der Waals surface area contributed by atoms with Gasteiger partial charge in [-0.05, 0) is 17.7 Å². The summed E-state index contributed by atoms with van der Waals surface area (Å²) in [5.41, 5.74) is 3.20. The van der Waals surface area contributed by atoms with Gasteiger partial charge in [0.25, 0.3) is 0 Å². The van der Waals surface area contributed by atoms with Crippen LogP contribution in [0.1, 0.15) is 5.56 Å². The van der Waals surface area contributed by atoms with Gasteiger partial charge in [-0.1, -0.05) is 6.07 Å². The zero-order chi connectivity index (χ0) is 9.97. The van der Waals surface area contributed by atoms with Gasteiger partial charge in [0.05, 0.1) is 12.5 Å². The molecule has 14 heavy (non-hydrogen) atoms. The van der Waals surface area contributed by atoms with Crippen molar-refractivity contribution in [2.45, 2.75) is 6.42 Å². The van der Waals surface area contributed by atoms with Gasteiger partial charge < -0.3 is 10.3 Å². The Morgan fingerprint density at radius 2 is 2.36 bits per heavy atom. The number of nitrogens with one attached hydrogen (secondary N) is 2. The fourth-order valence-corrected chi connectivity index (χ4v) is 1.57. The van der Waals surface area contributed by atoms with Crippen molar-refractivity contribution in [2.24, 2.45) is 0 Å². The Kier molecular flexibility index (Phi) is 2.11. The first-order chi connectivity index (χ1) is 6.85. The summed E-state index contributed by atoms with van der Waals surface area (Å²) in [6.45, 7) is 0. The van der Waals surface area contributed by atoms with Crippen LogP contribution in [-0.2, 0) is 6.42 Å². The van der Waals surface area contributed by atoms with Crippen LogP contribution in [0.5, 0.6) is 0 Å². The van der Waals surface area contributed by atoms with Crippen molar-refractivity contribution in [3.63, 3.8) is 0 Å². The Morgan fingerprint density at radius 3 is 3.07 bits per heavy atom. The van der Waals surface area contributed by atoms with Gasteiger partial charge in [0.1, 0.15) is 0 Å². The lowest BCUT2D eigenvalue weighted by molar-refractivity contribution is 1.28. The molecule has 1 aromatic carbocycles. The van der Waals surface area contributed by atoms with Gasteiger partial charge >= 0.3 is 0 Å². The summed E-state index contributed by atoms with van der Waals surface area (Å²) in [6.07, 6.45) is 2.35. The topological polar surface area (TPSA) is 51.6 Å². The molecular weight excluding hydrogens is 174 g/mol. The minimum Gasteiger partial charge on any atom is -0.388 e. The summed E-state index contributed by atoms with van der Waals surface area (Å²) >= 11 is 0. The van der Waals surface area contributed by atoms with Crippen molar-refractivity contribution in [3.8, 4) is 6.07 Å². The van der Waals surface area contributed by atoms with Crippen LogP contribution in [0.15, 0.2) is 24.4 Å². The monoisotopic (exact) mass is 185 g/mol. The first kappa shape index (κ1) is 8.64. The van der Waals surface area contributed by atoms with E-state index in [1.807, 2.05) is 31.4 Å². The third kappa shape index (κ3) is 1.31. The lowest BCUT2D eigenvalue weighted by Gasteiger charge is -1.99. The maximum absolute atomic E-state index is 8.62. The Labute approximate surface area is 82.4 Å². The van der Waals surface area contributed by atoms with Gasteiger partial charge in [0.15, 0.2) is 0 Å². The number of nitriles is 1. The predicted molar refractivity (Wildman–Crippen MR) is 57.2 cm³/mol. The van der Waals surface area contributed by atoms with E-state index in [9.17, 15) is 0 Å². The number of hydrogen-bond acceptors (Lipinski definition) is 2. The maximum atomic E-state index is 8.62. The average Bonchev–Trinajstić information content (AvgIpc) is 2.61. The standard InChI is InChI=1S/C11H11N3/c1-13-9-2-3-10-8(4-5-12)7-14-11(10)6-9/h2-3,6-7,13-14H,4H2,1H3. The van der Waals surface area contributed by atoms with E-state index < -0.39 is 0 Å². The first-order valence-corrected chi connectivity index (χ1v) is 4.50. The summed E-state index contributed by atoms with van der Waals surface area (Å²) in [5, 5.41) is 12.8. The number of benzene rings is 1. The zero-order valence-electron chi connectivity index (χ0n) is 7.96. The summed E-state index contributed by atoms with van der Waals surface area (Å²) in [7, 11) is 1.89. The number of hydrogen-bond donors (Lipinski definition) is 2. The van der Waals surface area contributed by atoms with Gasteiger partial charge in [-0.2, -0.15) is 5.26 Å². The molecule has 0 spiro atoms. The third-order valence-corrected chi connectivity index (χ3v) is 2.33. The van der Waals surface area contributed by atoms with Crippen LogP contribution < -0.4 is 5.32 Å². The van der Waals surface area contributed by atoms with E-state index >= 15 is 0 Å². The largest absolute Gasteiger partial charge is 0.388 e. The van der Waals surface area contributed by atoms with E-state index in [-0.39, 0.29) is 0 Å². The molecule has 0 unspecified atom stereocenters. The van der Waals surface area contributed by atoms with Gasteiger partial charge in [0.2, 0.25) is 0 Å². The van der Waals surface area contributed by atoms with Gasteiger partial charge in [-0.15, -0.1) is 0 Å². The molecule has 0 aliphatic heterocycles. The number of anilines is 1. The summed E-state index contributed by atoms with van der Waals surface area (Å²) in [6, 6.07) is 8.24. The van der Waals surface area contributed by atoms with Crippen LogP contribution in [0.4, 0.5) is 5.69 Å². The van der Waals surface area contributed by atoms with E-state index in [0.717, 1.165) is 22.2 Å². The molecule has 0 saturated carbocycles. The molecule has 0 fully saturated rings. The predicted octanol–water partition coefficient (Wildman–Crippen LogP) is 2.28. The fourth-order valence-electron chi connectivity index (χ4n) is 1.57. The average molecular weight is 185 g/mol. The van der Waals surface area contributed by atoms with Crippen LogP contribution in [0.25, 0.3) is 10.9 Å². The number of rotatable bonds is 2. The highest BCUT2D eigenvalue weighted by molar-refractivity contribution is 5.86. The van der Waals surface area contributed by atoms with Crippen LogP contribution in [0, 0.1) is 11.3 Å². The normalized spacial score (nSPS) is 10.0. The van der Waals surface area contributed by atoms with Crippen molar-refractivity contribution >= 4 is 16.6 Å². The molecule has 3 heteroatoms. The minimum atomic E-state index is 0.457. The lowest BCUT2D eigenvalue weighted by Crippen LogP contribution is -1.86. The van der Waals surface area contributed by atoms with Crippen molar-refractivity contribution < 1.29 is 0 Å². The molecule has 70 valence electrons. The molecule has 0 bridgehead atoms. The molecule has 2 N–H and O–H groups in total. The van der Waals surface area contributed by atoms with Crippen molar-refractivity contribution in [1.82, 2.24) is 4.98 Å². The third-order valence-electron chi connectivity index (χ3n) is 2.33. The van der Waals surface area contributed by atoms with E-state index in [1.54, 1.807) is 0 Å². The minimum absolute atomic E-state index is 0.457. The Bertz CT molecular complexity index is 491. The zero-order valence-corrected chi connectivity index (χ0v) is 7.96. The molecule has 1 aromatic heterocycles. The molecule has 0 radical (unpaired) electrons. The van der Waals surface area contributed by atoms with Crippen molar-refractivity contribution in [1.29, 1.82) is 5.26 Å². The summed E-state index contributed by atoms with van der Waals surface area (Å²) in [5.74, 6) is 0. The van der Waals surface area contributed by atoms with Crippen LogP contribution >= 0.6 is 0 Å². The van der Waals surface area contributed by atoms with Gasteiger partial charge in [-0.3, -0.25) is 0 Å². The molecule has 2 rings (SSSR count). The van der Waals surface area contributed by atoms with Gasteiger partial charge in [0, 0.05) is 29.8 Å². The Hall–Kier alpha value is -1.95. The molecule has 0 atom stereocenters. The SMILES string of the molecule is CNc1ccc2c(CC#N)c[nH]c2c1. The molecule has 3 nitrogen and oxygen atoms in total.